The Balaban J connectivity index is 5.25. The Kier molecular flexibility index (Phi) is 13.3. The summed E-state index contributed by atoms with van der Waals surface area (Å²) < 4.78 is 53.4. The lowest BCUT2D eigenvalue weighted by atomic mass is 10.2. The van der Waals surface area contributed by atoms with Gasteiger partial charge in [0.2, 0.25) is 0 Å². The molecular weight excluding hydrogens is 413 g/mol. The molecule has 12 heteroatoms. The Morgan fingerprint density at radius 2 is 1.61 bits per heavy atom. The molecule has 0 aliphatic carbocycles. The van der Waals surface area contributed by atoms with Crippen molar-refractivity contribution >= 4 is 17.7 Å². The Labute approximate surface area is 167 Å². The van der Waals surface area contributed by atoms with Gasteiger partial charge in [-0.1, -0.05) is 13.2 Å². The standard InChI is InChI=1S/C16H32NO9PS/c1-5-10-17(11-6-2,12-9-13-28(20,21)22)14-16(18)15-27(19,25-23-7-3)26-24-8-4/h5-6,16,18H,1-2,7-15H2,3-4H3/p+1. The zero-order chi connectivity index (χ0) is 21.7. The third kappa shape index (κ3) is 12.1. The second-order valence-corrected chi connectivity index (χ2v) is 9.70. The van der Waals surface area contributed by atoms with Crippen molar-refractivity contribution in [2.45, 2.75) is 26.4 Å². The van der Waals surface area contributed by atoms with Crippen molar-refractivity contribution in [2.24, 2.45) is 0 Å². The summed E-state index contributed by atoms with van der Waals surface area (Å²) in [5.74, 6) is -0.406. The molecule has 0 aromatic rings. The predicted molar refractivity (Wildman–Crippen MR) is 105 cm³/mol. The Morgan fingerprint density at radius 1 is 1.11 bits per heavy atom. The summed E-state index contributed by atoms with van der Waals surface area (Å²) in [4.78, 5) is 9.43. The minimum absolute atomic E-state index is 0.0957. The lowest BCUT2D eigenvalue weighted by Gasteiger charge is -2.38. The van der Waals surface area contributed by atoms with Crippen molar-refractivity contribution in [2.75, 3.05) is 51.3 Å². The minimum atomic E-state index is -4.10. The van der Waals surface area contributed by atoms with Crippen LogP contribution in [0.25, 0.3) is 0 Å². The van der Waals surface area contributed by atoms with E-state index < -0.39 is 29.6 Å². The third-order valence-corrected chi connectivity index (χ3v) is 6.01. The van der Waals surface area contributed by atoms with Crippen molar-refractivity contribution < 1.29 is 46.2 Å². The van der Waals surface area contributed by atoms with E-state index in [2.05, 4.69) is 13.2 Å². The molecule has 0 radical (unpaired) electrons. The van der Waals surface area contributed by atoms with Crippen LogP contribution in [-0.4, -0.2) is 80.0 Å². The Hall–Kier alpha value is -0.620. The number of aliphatic hydroxyl groups is 1. The number of hydrogen-bond donors (Lipinski definition) is 2. The maximum atomic E-state index is 12.7. The van der Waals surface area contributed by atoms with E-state index in [1.165, 1.54) is 0 Å². The van der Waals surface area contributed by atoms with Crippen LogP contribution in [0.5, 0.6) is 0 Å². The number of rotatable bonds is 18. The molecular formula is C16H33NO9PS+. The van der Waals surface area contributed by atoms with Crippen LogP contribution in [0.2, 0.25) is 0 Å². The fourth-order valence-corrected chi connectivity index (χ4v) is 4.53. The molecule has 1 atom stereocenters. The molecule has 0 bridgehead atoms. The van der Waals surface area contributed by atoms with Crippen molar-refractivity contribution in [3.8, 4) is 0 Å². The van der Waals surface area contributed by atoms with Gasteiger partial charge in [0, 0.05) is 6.42 Å². The summed E-state index contributed by atoms with van der Waals surface area (Å²) in [6.07, 6.45) is 1.90. The summed E-state index contributed by atoms with van der Waals surface area (Å²) in [5.41, 5.74) is 0. The van der Waals surface area contributed by atoms with Crippen LogP contribution in [0.15, 0.2) is 25.3 Å². The first-order valence-electron chi connectivity index (χ1n) is 8.97. The summed E-state index contributed by atoms with van der Waals surface area (Å²) in [7, 11) is -7.97. The number of nitrogens with zero attached hydrogens (tertiary/aromatic N) is 1. The molecule has 28 heavy (non-hydrogen) atoms. The van der Waals surface area contributed by atoms with E-state index in [0.29, 0.717) is 19.6 Å². The van der Waals surface area contributed by atoms with Gasteiger partial charge in [0.25, 0.3) is 10.1 Å². The fraction of sp³-hybridized carbons (Fsp3) is 0.750. The van der Waals surface area contributed by atoms with Crippen molar-refractivity contribution in [3.63, 3.8) is 0 Å². The van der Waals surface area contributed by atoms with Gasteiger partial charge in [-0.2, -0.15) is 8.42 Å². The summed E-state index contributed by atoms with van der Waals surface area (Å²) in [6, 6.07) is 0. The molecule has 0 saturated heterocycles. The van der Waals surface area contributed by atoms with Crippen molar-refractivity contribution in [1.29, 1.82) is 0 Å². The highest BCUT2D eigenvalue weighted by molar-refractivity contribution is 7.85. The second-order valence-electron chi connectivity index (χ2n) is 6.24. The maximum absolute atomic E-state index is 12.7. The average molecular weight is 446 g/mol. The van der Waals surface area contributed by atoms with Crippen LogP contribution in [-0.2, 0) is 33.8 Å². The molecule has 166 valence electrons. The van der Waals surface area contributed by atoms with E-state index in [-0.39, 0.29) is 36.8 Å². The molecule has 0 amide bonds. The summed E-state index contributed by atoms with van der Waals surface area (Å²) in [6.45, 7) is 12.1. The van der Waals surface area contributed by atoms with E-state index in [1.807, 2.05) is 0 Å². The molecule has 0 spiro atoms. The van der Waals surface area contributed by atoms with Crippen LogP contribution < -0.4 is 0 Å². The first-order chi connectivity index (χ1) is 13.1. The SMILES string of the molecule is C=CC[N+](CC=C)(CCCS(=O)(=O)O)CC(O)CP(=O)(OOCC)OOCC. The van der Waals surface area contributed by atoms with Crippen molar-refractivity contribution in [3.05, 3.63) is 25.3 Å². The quantitative estimate of drug-likeness (QED) is 0.0810. The molecule has 0 saturated carbocycles. The number of hydrogen-bond acceptors (Lipinski definition) is 8. The van der Waals surface area contributed by atoms with Gasteiger partial charge in [0.1, 0.15) is 12.6 Å². The van der Waals surface area contributed by atoms with Crippen LogP contribution in [0.1, 0.15) is 20.3 Å². The third-order valence-electron chi connectivity index (χ3n) is 3.67. The zero-order valence-corrected chi connectivity index (χ0v) is 18.3. The van der Waals surface area contributed by atoms with E-state index in [1.54, 1.807) is 26.0 Å². The van der Waals surface area contributed by atoms with Crippen LogP contribution in [0.3, 0.4) is 0 Å². The lowest BCUT2D eigenvalue weighted by molar-refractivity contribution is -0.919. The predicted octanol–water partition coefficient (Wildman–Crippen LogP) is 1.94. The lowest BCUT2D eigenvalue weighted by Crippen LogP contribution is -2.54. The van der Waals surface area contributed by atoms with Crippen LogP contribution in [0, 0.1) is 0 Å². The highest BCUT2D eigenvalue weighted by atomic mass is 32.2. The molecule has 0 aromatic carbocycles. The summed E-state index contributed by atoms with van der Waals surface area (Å²) >= 11 is 0. The number of quaternary nitrogens is 1. The van der Waals surface area contributed by atoms with Gasteiger partial charge in [-0.05, 0) is 26.0 Å². The molecule has 1 unspecified atom stereocenters. The smallest absolute Gasteiger partial charge is 0.387 e. The second kappa shape index (κ2) is 13.6. The summed E-state index contributed by atoms with van der Waals surface area (Å²) in [5, 5.41) is 10.5. The highest BCUT2D eigenvalue weighted by Gasteiger charge is 2.36. The van der Waals surface area contributed by atoms with E-state index in [0.717, 1.165) is 0 Å². The van der Waals surface area contributed by atoms with E-state index in [9.17, 15) is 18.1 Å². The largest absolute Gasteiger partial charge is 0.387 e. The molecule has 10 nitrogen and oxygen atoms in total. The van der Waals surface area contributed by atoms with Gasteiger partial charge >= 0.3 is 7.60 Å². The average Bonchev–Trinajstić information content (AvgIpc) is 2.57. The van der Waals surface area contributed by atoms with Crippen LogP contribution in [0.4, 0.5) is 0 Å². The van der Waals surface area contributed by atoms with E-state index in [4.69, 9.17) is 23.7 Å². The fourth-order valence-electron chi connectivity index (χ4n) is 2.73. The first kappa shape index (κ1) is 27.4. The van der Waals surface area contributed by atoms with Gasteiger partial charge < -0.3 is 9.59 Å². The highest BCUT2D eigenvalue weighted by Crippen LogP contribution is 2.49. The Bertz CT molecular complexity index is 589. The molecule has 0 heterocycles. The maximum Gasteiger partial charge on any atom is 0.387 e. The normalized spacial score (nSPS) is 14.0. The van der Waals surface area contributed by atoms with Crippen LogP contribution >= 0.6 is 7.60 Å². The molecule has 0 rings (SSSR count). The molecule has 0 fully saturated rings. The van der Waals surface area contributed by atoms with E-state index >= 15 is 0 Å². The van der Waals surface area contributed by atoms with Gasteiger partial charge in [-0.15, -0.1) is 9.35 Å². The molecule has 0 aliphatic heterocycles. The number of aliphatic hydroxyl groups excluding tert-OH is 1. The monoisotopic (exact) mass is 446 g/mol. The van der Waals surface area contributed by atoms with Gasteiger partial charge in [-0.3, -0.25) is 9.12 Å². The Morgan fingerprint density at radius 3 is 2.00 bits per heavy atom. The molecule has 2 N–H and O–H groups in total. The minimum Gasteiger partial charge on any atom is -0.387 e. The van der Waals surface area contributed by atoms with Gasteiger partial charge in [0.05, 0.1) is 44.8 Å². The molecule has 0 aromatic heterocycles. The zero-order valence-electron chi connectivity index (χ0n) is 16.6. The topological polar surface area (TPSA) is 129 Å². The van der Waals surface area contributed by atoms with Gasteiger partial charge in [-0.25, -0.2) is 9.78 Å². The molecule has 0 aliphatic rings. The first-order valence-corrected chi connectivity index (χ1v) is 12.3. The van der Waals surface area contributed by atoms with Gasteiger partial charge in [0.15, 0.2) is 0 Å². The van der Waals surface area contributed by atoms with Crippen molar-refractivity contribution in [1.82, 2.24) is 0 Å².